The highest BCUT2D eigenvalue weighted by molar-refractivity contribution is 5.81. The summed E-state index contributed by atoms with van der Waals surface area (Å²) in [6.45, 7) is 2.26. The molecule has 1 aromatic carbocycles. The Kier molecular flexibility index (Phi) is 2.36. The molecule has 0 aliphatic heterocycles. The third-order valence-electron chi connectivity index (χ3n) is 3.40. The van der Waals surface area contributed by atoms with Gasteiger partial charge in [-0.2, -0.15) is 5.10 Å². The maximum absolute atomic E-state index is 4.38. The second-order valence-electron chi connectivity index (χ2n) is 4.76. The van der Waals surface area contributed by atoms with Gasteiger partial charge >= 0.3 is 0 Å². The summed E-state index contributed by atoms with van der Waals surface area (Å²) in [5.41, 5.74) is 5.25. The van der Waals surface area contributed by atoms with E-state index in [1.807, 2.05) is 17.9 Å². The molecule has 2 heteroatoms. The molecule has 2 nitrogen and oxygen atoms in total. The van der Waals surface area contributed by atoms with Gasteiger partial charge in [0.1, 0.15) is 0 Å². The molecule has 1 aliphatic carbocycles. The van der Waals surface area contributed by atoms with Crippen molar-refractivity contribution in [3.63, 3.8) is 0 Å². The summed E-state index contributed by atoms with van der Waals surface area (Å²) in [6.07, 6.45) is 5.43. The molecule has 86 valence electrons. The first kappa shape index (κ1) is 10.3. The summed E-state index contributed by atoms with van der Waals surface area (Å²) in [5, 5.41) is 4.38. The standard InChI is InChI=1S/C15H16N2/c1-11-8-13(12-6-4-3-5-7-12)14-10-16-17(2)15(14)9-11/h3-8,10-11H,9H2,1-2H3. The first-order chi connectivity index (χ1) is 8.25. The predicted octanol–water partition coefficient (Wildman–Crippen LogP) is 3.04. The molecule has 1 atom stereocenters. The van der Waals surface area contributed by atoms with Gasteiger partial charge in [0.2, 0.25) is 0 Å². The molecule has 1 heterocycles. The van der Waals surface area contributed by atoms with Crippen molar-refractivity contribution in [1.29, 1.82) is 0 Å². The zero-order chi connectivity index (χ0) is 11.8. The molecule has 0 radical (unpaired) electrons. The lowest BCUT2D eigenvalue weighted by Gasteiger charge is -2.19. The monoisotopic (exact) mass is 224 g/mol. The minimum Gasteiger partial charge on any atom is -0.272 e. The van der Waals surface area contributed by atoms with Gasteiger partial charge in [0, 0.05) is 18.3 Å². The Labute approximate surface area is 102 Å². The van der Waals surface area contributed by atoms with Crippen LogP contribution in [0, 0.1) is 5.92 Å². The third kappa shape index (κ3) is 1.70. The first-order valence-corrected chi connectivity index (χ1v) is 6.04. The number of fused-ring (bicyclic) bond motifs is 1. The van der Waals surface area contributed by atoms with Gasteiger partial charge in [-0.05, 0) is 23.5 Å². The summed E-state index contributed by atoms with van der Waals surface area (Å²) in [7, 11) is 2.03. The largest absolute Gasteiger partial charge is 0.272 e. The smallest absolute Gasteiger partial charge is 0.0571 e. The third-order valence-corrected chi connectivity index (χ3v) is 3.40. The van der Waals surface area contributed by atoms with Gasteiger partial charge in [0.05, 0.1) is 6.20 Å². The Morgan fingerprint density at radius 2 is 2.00 bits per heavy atom. The summed E-state index contributed by atoms with van der Waals surface area (Å²) < 4.78 is 2.00. The summed E-state index contributed by atoms with van der Waals surface area (Å²) >= 11 is 0. The number of nitrogens with zero attached hydrogens (tertiary/aromatic N) is 2. The Balaban J connectivity index is 2.16. The molecular weight excluding hydrogens is 208 g/mol. The van der Waals surface area contributed by atoms with Crippen LogP contribution < -0.4 is 0 Å². The molecule has 1 unspecified atom stereocenters. The molecule has 0 spiro atoms. The van der Waals surface area contributed by atoms with E-state index in [4.69, 9.17) is 0 Å². The van der Waals surface area contributed by atoms with E-state index < -0.39 is 0 Å². The average Bonchev–Trinajstić information content (AvgIpc) is 2.72. The van der Waals surface area contributed by atoms with Crippen LogP contribution in [0.4, 0.5) is 0 Å². The molecule has 0 fully saturated rings. The van der Waals surface area contributed by atoms with Crippen molar-refractivity contribution in [3.8, 4) is 0 Å². The van der Waals surface area contributed by atoms with Crippen molar-refractivity contribution in [2.24, 2.45) is 13.0 Å². The van der Waals surface area contributed by atoms with E-state index in [2.05, 4.69) is 48.4 Å². The van der Waals surface area contributed by atoms with Gasteiger partial charge in [-0.1, -0.05) is 43.3 Å². The molecule has 2 aromatic rings. The van der Waals surface area contributed by atoms with E-state index in [-0.39, 0.29) is 0 Å². The number of rotatable bonds is 1. The highest BCUT2D eigenvalue weighted by Gasteiger charge is 2.21. The minimum absolute atomic E-state index is 0.577. The lowest BCUT2D eigenvalue weighted by atomic mass is 9.86. The maximum atomic E-state index is 4.38. The van der Waals surface area contributed by atoms with Crippen LogP contribution in [-0.4, -0.2) is 9.78 Å². The fourth-order valence-electron chi connectivity index (χ4n) is 2.54. The van der Waals surface area contributed by atoms with Crippen molar-refractivity contribution < 1.29 is 0 Å². The maximum Gasteiger partial charge on any atom is 0.0571 e. The first-order valence-electron chi connectivity index (χ1n) is 6.04. The van der Waals surface area contributed by atoms with Gasteiger partial charge in [-0.25, -0.2) is 0 Å². The molecule has 1 aliphatic rings. The number of allylic oxidation sites excluding steroid dienone is 1. The number of aryl methyl sites for hydroxylation is 1. The summed E-state index contributed by atoms with van der Waals surface area (Å²) in [6, 6.07) is 10.6. The fraction of sp³-hybridized carbons (Fsp3) is 0.267. The van der Waals surface area contributed by atoms with E-state index in [0.717, 1.165) is 6.42 Å². The Morgan fingerprint density at radius 1 is 1.24 bits per heavy atom. The molecule has 17 heavy (non-hydrogen) atoms. The van der Waals surface area contributed by atoms with E-state index >= 15 is 0 Å². The molecule has 0 saturated carbocycles. The number of aromatic nitrogens is 2. The summed E-state index contributed by atoms with van der Waals surface area (Å²) in [5.74, 6) is 0.577. The lowest BCUT2D eigenvalue weighted by molar-refractivity contribution is 0.633. The molecular formula is C15H16N2. The molecule has 1 aromatic heterocycles. The van der Waals surface area contributed by atoms with Gasteiger partial charge < -0.3 is 0 Å². The van der Waals surface area contributed by atoms with Crippen molar-refractivity contribution in [2.75, 3.05) is 0 Å². The molecule has 0 saturated heterocycles. The molecule has 0 N–H and O–H groups in total. The van der Waals surface area contributed by atoms with Crippen molar-refractivity contribution in [1.82, 2.24) is 9.78 Å². The number of hydrogen-bond donors (Lipinski definition) is 0. The van der Waals surface area contributed by atoms with Crippen LogP contribution in [0.25, 0.3) is 5.57 Å². The van der Waals surface area contributed by atoms with Crippen LogP contribution >= 0.6 is 0 Å². The van der Waals surface area contributed by atoms with Gasteiger partial charge in [-0.3, -0.25) is 4.68 Å². The quantitative estimate of drug-likeness (QED) is 0.728. The van der Waals surface area contributed by atoms with Crippen LogP contribution in [-0.2, 0) is 13.5 Å². The Morgan fingerprint density at radius 3 is 2.76 bits per heavy atom. The normalized spacial score (nSPS) is 18.7. The zero-order valence-electron chi connectivity index (χ0n) is 10.2. The molecule has 3 rings (SSSR count). The number of benzene rings is 1. The molecule has 0 amide bonds. The van der Waals surface area contributed by atoms with Crippen LogP contribution in [0.1, 0.15) is 23.7 Å². The van der Waals surface area contributed by atoms with Crippen molar-refractivity contribution >= 4 is 5.57 Å². The van der Waals surface area contributed by atoms with Crippen LogP contribution in [0.2, 0.25) is 0 Å². The minimum atomic E-state index is 0.577. The van der Waals surface area contributed by atoms with Crippen LogP contribution in [0.5, 0.6) is 0 Å². The highest BCUT2D eigenvalue weighted by Crippen LogP contribution is 2.33. The topological polar surface area (TPSA) is 17.8 Å². The van der Waals surface area contributed by atoms with E-state index in [1.54, 1.807) is 0 Å². The van der Waals surface area contributed by atoms with E-state index in [1.165, 1.54) is 22.4 Å². The van der Waals surface area contributed by atoms with Crippen molar-refractivity contribution in [3.05, 3.63) is 59.4 Å². The van der Waals surface area contributed by atoms with Crippen LogP contribution in [0.3, 0.4) is 0 Å². The highest BCUT2D eigenvalue weighted by atomic mass is 15.3. The SMILES string of the molecule is CC1C=C(c2ccccc2)c2cnn(C)c2C1. The fourth-order valence-corrected chi connectivity index (χ4v) is 2.54. The zero-order valence-corrected chi connectivity index (χ0v) is 10.2. The second-order valence-corrected chi connectivity index (χ2v) is 4.76. The lowest BCUT2D eigenvalue weighted by Crippen LogP contribution is -2.10. The van der Waals surface area contributed by atoms with E-state index in [0.29, 0.717) is 5.92 Å². The number of hydrogen-bond acceptors (Lipinski definition) is 1. The summed E-state index contributed by atoms with van der Waals surface area (Å²) in [4.78, 5) is 0. The van der Waals surface area contributed by atoms with Crippen LogP contribution in [0.15, 0.2) is 42.6 Å². The van der Waals surface area contributed by atoms with Crippen molar-refractivity contribution in [2.45, 2.75) is 13.3 Å². The average molecular weight is 224 g/mol. The second kappa shape index (κ2) is 3.88. The molecule has 0 bridgehead atoms. The van der Waals surface area contributed by atoms with E-state index in [9.17, 15) is 0 Å². The van der Waals surface area contributed by atoms with Gasteiger partial charge in [0.15, 0.2) is 0 Å². The Bertz CT molecular complexity index is 564. The predicted molar refractivity (Wildman–Crippen MR) is 69.6 cm³/mol. The van der Waals surface area contributed by atoms with Gasteiger partial charge in [-0.15, -0.1) is 0 Å². The Hall–Kier alpha value is -1.83. The van der Waals surface area contributed by atoms with Gasteiger partial charge in [0.25, 0.3) is 0 Å².